The lowest BCUT2D eigenvalue weighted by Gasteiger charge is -2.33. The van der Waals surface area contributed by atoms with E-state index in [1.165, 1.54) is 6.33 Å². The molecular formula is C18H21N3O3. The first-order chi connectivity index (χ1) is 11.7. The number of para-hydroxylation sites is 1. The normalized spacial score (nSPS) is 16.5. The van der Waals surface area contributed by atoms with Gasteiger partial charge in [0.05, 0.1) is 0 Å². The molecule has 2 aromatic rings. The van der Waals surface area contributed by atoms with Crippen LogP contribution in [-0.2, 0) is 4.79 Å². The van der Waals surface area contributed by atoms with Crippen molar-refractivity contribution in [3.8, 4) is 11.6 Å². The van der Waals surface area contributed by atoms with Crippen LogP contribution in [0.5, 0.6) is 11.6 Å². The van der Waals surface area contributed by atoms with E-state index in [-0.39, 0.29) is 12.0 Å². The summed E-state index contributed by atoms with van der Waals surface area (Å²) in [5, 5.41) is 0. The molecule has 2 heterocycles. The van der Waals surface area contributed by atoms with Crippen molar-refractivity contribution in [2.75, 3.05) is 13.1 Å². The summed E-state index contributed by atoms with van der Waals surface area (Å²) in [4.78, 5) is 22.3. The summed E-state index contributed by atoms with van der Waals surface area (Å²) in [6.45, 7) is 3.12. The van der Waals surface area contributed by atoms with Crippen LogP contribution in [-0.4, -0.2) is 46.1 Å². The highest BCUT2D eigenvalue weighted by Gasteiger charge is 2.28. The highest BCUT2D eigenvalue weighted by Crippen LogP contribution is 2.18. The SMILES string of the molecule is CC(Oc1ccccc1)C(=O)N1CCC(Oc2ccncn2)CC1. The minimum Gasteiger partial charge on any atom is -0.481 e. The van der Waals surface area contributed by atoms with Crippen LogP contribution in [0.4, 0.5) is 0 Å². The molecule has 1 saturated heterocycles. The molecule has 1 aliphatic heterocycles. The van der Waals surface area contributed by atoms with Gasteiger partial charge in [0.2, 0.25) is 5.88 Å². The summed E-state index contributed by atoms with van der Waals surface area (Å²) in [6, 6.07) is 11.2. The van der Waals surface area contributed by atoms with E-state index in [9.17, 15) is 4.79 Å². The lowest BCUT2D eigenvalue weighted by molar-refractivity contribution is -0.139. The van der Waals surface area contributed by atoms with E-state index in [2.05, 4.69) is 9.97 Å². The number of hydrogen-bond acceptors (Lipinski definition) is 5. The first kappa shape index (κ1) is 16.2. The van der Waals surface area contributed by atoms with Crippen molar-refractivity contribution in [1.82, 2.24) is 14.9 Å². The highest BCUT2D eigenvalue weighted by atomic mass is 16.5. The molecule has 0 N–H and O–H groups in total. The van der Waals surface area contributed by atoms with Crippen LogP contribution < -0.4 is 9.47 Å². The third-order valence-electron chi connectivity index (χ3n) is 4.00. The van der Waals surface area contributed by atoms with Crippen molar-refractivity contribution in [2.24, 2.45) is 0 Å². The highest BCUT2D eigenvalue weighted by molar-refractivity contribution is 5.81. The van der Waals surface area contributed by atoms with Crippen LogP contribution in [0.3, 0.4) is 0 Å². The van der Waals surface area contributed by atoms with Gasteiger partial charge in [0.25, 0.3) is 5.91 Å². The van der Waals surface area contributed by atoms with Gasteiger partial charge in [-0.3, -0.25) is 4.79 Å². The zero-order valence-electron chi connectivity index (χ0n) is 13.7. The Balaban J connectivity index is 1.48. The van der Waals surface area contributed by atoms with Crippen molar-refractivity contribution >= 4 is 5.91 Å². The van der Waals surface area contributed by atoms with E-state index in [1.54, 1.807) is 19.2 Å². The molecule has 0 aliphatic carbocycles. The zero-order chi connectivity index (χ0) is 16.8. The Kier molecular flexibility index (Phi) is 5.25. The predicted octanol–water partition coefficient (Wildman–Crippen LogP) is 2.31. The molecule has 1 amide bonds. The van der Waals surface area contributed by atoms with Gasteiger partial charge < -0.3 is 14.4 Å². The molecule has 0 spiro atoms. The number of nitrogens with zero attached hydrogens (tertiary/aromatic N) is 3. The number of aromatic nitrogens is 2. The Hall–Kier alpha value is -2.63. The number of carbonyl (C=O) groups is 1. The summed E-state index contributed by atoms with van der Waals surface area (Å²) in [6.07, 6.45) is 4.28. The molecule has 0 bridgehead atoms. The molecule has 1 aromatic heterocycles. The lowest BCUT2D eigenvalue weighted by atomic mass is 10.1. The van der Waals surface area contributed by atoms with Gasteiger partial charge in [-0.2, -0.15) is 0 Å². The molecule has 3 rings (SSSR count). The maximum atomic E-state index is 12.5. The number of piperidine rings is 1. The number of carbonyl (C=O) groups excluding carboxylic acids is 1. The summed E-state index contributed by atoms with van der Waals surface area (Å²) in [7, 11) is 0. The monoisotopic (exact) mass is 327 g/mol. The second-order valence-corrected chi connectivity index (χ2v) is 5.76. The molecule has 1 atom stereocenters. The Morgan fingerprint density at radius 2 is 1.96 bits per heavy atom. The maximum absolute atomic E-state index is 12.5. The van der Waals surface area contributed by atoms with E-state index in [4.69, 9.17) is 9.47 Å². The molecule has 1 aliphatic rings. The predicted molar refractivity (Wildman–Crippen MR) is 88.8 cm³/mol. The van der Waals surface area contributed by atoms with Gasteiger partial charge in [0, 0.05) is 38.2 Å². The third-order valence-corrected chi connectivity index (χ3v) is 4.00. The zero-order valence-corrected chi connectivity index (χ0v) is 13.7. The van der Waals surface area contributed by atoms with Crippen molar-refractivity contribution in [3.63, 3.8) is 0 Å². The average molecular weight is 327 g/mol. The Morgan fingerprint density at radius 3 is 2.62 bits per heavy atom. The average Bonchev–Trinajstić information content (AvgIpc) is 2.63. The summed E-state index contributed by atoms with van der Waals surface area (Å²) >= 11 is 0. The first-order valence-corrected chi connectivity index (χ1v) is 8.15. The van der Waals surface area contributed by atoms with Crippen LogP contribution in [0.1, 0.15) is 19.8 Å². The fourth-order valence-electron chi connectivity index (χ4n) is 2.72. The van der Waals surface area contributed by atoms with Crippen molar-refractivity contribution in [1.29, 1.82) is 0 Å². The van der Waals surface area contributed by atoms with Crippen LogP contribution in [0.25, 0.3) is 0 Å². The summed E-state index contributed by atoms with van der Waals surface area (Å²) in [5.41, 5.74) is 0. The maximum Gasteiger partial charge on any atom is 0.263 e. The van der Waals surface area contributed by atoms with E-state index in [0.717, 1.165) is 12.8 Å². The molecule has 24 heavy (non-hydrogen) atoms. The molecule has 1 unspecified atom stereocenters. The Labute approximate surface area is 141 Å². The number of amides is 1. The van der Waals surface area contributed by atoms with E-state index in [0.29, 0.717) is 24.7 Å². The molecule has 1 fully saturated rings. The van der Waals surface area contributed by atoms with Gasteiger partial charge >= 0.3 is 0 Å². The smallest absolute Gasteiger partial charge is 0.263 e. The molecule has 0 radical (unpaired) electrons. The van der Waals surface area contributed by atoms with Crippen LogP contribution in [0.15, 0.2) is 48.9 Å². The Bertz CT molecular complexity index is 643. The first-order valence-electron chi connectivity index (χ1n) is 8.15. The van der Waals surface area contributed by atoms with Crippen LogP contribution in [0, 0.1) is 0 Å². The molecule has 6 heteroatoms. The molecule has 6 nitrogen and oxygen atoms in total. The van der Waals surface area contributed by atoms with Gasteiger partial charge in [-0.15, -0.1) is 0 Å². The largest absolute Gasteiger partial charge is 0.481 e. The van der Waals surface area contributed by atoms with E-state index < -0.39 is 6.10 Å². The van der Waals surface area contributed by atoms with Crippen molar-refractivity contribution < 1.29 is 14.3 Å². The van der Waals surface area contributed by atoms with Gasteiger partial charge in [0.15, 0.2) is 6.10 Å². The fourth-order valence-corrected chi connectivity index (χ4v) is 2.72. The Morgan fingerprint density at radius 1 is 1.21 bits per heavy atom. The topological polar surface area (TPSA) is 64.5 Å². The third kappa shape index (κ3) is 4.22. The molecular weight excluding hydrogens is 306 g/mol. The molecule has 0 saturated carbocycles. The fraction of sp³-hybridized carbons (Fsp3) is 0.389. The molecule has 126 valence electrons. The van der Waals surface area contributed by atoms with Gasteiger partial charge in [-0.25, -0.2) is 9.97 Å². The second-order valence-electron chi connectivity index (χ2n) is 5.76. The minimum atomic E-state index is -0.494. The van der Waals surface area contributed by atoms with E-state index >= 15 is 0 Å². The second kappa shape index (κ2) is 7.77. The van der Waals surface area contributed by atoms with Gasteiger partial charge in [-0.05, 0) is 19.1 Å². The van der Waals surface area contributed by atoms with Crippen LogP contribution in [0.2, 0.25) is 0 Å². The van der Waals surface area contributed by atoms with Crippen LogP contribution >= 0.6 is 0 Å². The summed E-state index contributed by atoms with van der Waals surface area (Å²) in [5.74, 6) is 1.30. The molecule has 1 aromatic carbocycles. The van der Waals surface area contributed by atoms with E-state index in [1.807, 2.05) is 35.2 Å². The van der Waals surface area contributed by atoms with Gasteiger partial charge in [-0.1, -0.05) is 18.2 Å². The lowest BCUT2D eigenvalue weighted by Crippen LogP contribution is -2.46. The van der Waals surface area contributed by atoms with Gasteiger partial charge in [0.1, 0.15) is 18.2 Å². The summed E-state index contributed by atoms with van der Waals surface area (Å²) < 4.78 is 11.5. The number of benzene rings is 1. The minimum absolute atomic E-state index is 0.0133. The number of likely N-dealkylation sites (tertiary alicyclic amines) is 1. The standard InChI is InChI=1S/C18H21N3O3/c1-14(23-15-5-3-2-4-6-15)18(22)21-11-8-16(9-12-21)24-17-7-10-19-13-20-17/h2-7,10,13-14,16H,8-9,11-12H2,1H3. The van der Waals surface area contributed by atoms with Crippen molar-refractivity contribution in [2.45, 2.75) is 32.0 Å². The number of ether oxygens (including phenoxy) is 2. The number of rotatable bonds is 5. The van der Waals surface area contributed by atoms with Crippen molar-refractivity contribution in [3.05, 3.63) is 48.9 Å². The quantitative estimate of drug-likeness (QED) is 0.843. The number of hydrogen-bond donors (Lipinski definition) is 0.